The van der Waals surface area contributed by atoms with E-state index in [1.54, 1.807) is 72.9 Å². The number of hydrogen-bond acceptors (Lipinski definition) is 10. The second-order valence-corrected chi connectivity index (χ2v) is 12.5. The molecule has 1 aliphatic rings. The Labute approximate surface area is 261 Å². The second kappa shape index (κ2) is 17.6. The highest BCUT2D eigenvalue weighted by atomic mass is 16.6. The number of esters is 1. The van der Waals surface area contributed by atoms with E-state index in [1.807, 2.05) is 0 Å². The standard InChI is InChI=1S/C32H54N2O10/c1-10-11-12-17(3)28(44-32(33)42)20(6)26(38)21(7)30(40)34(9)15-18(4)24(36)16(2)13-14-23(35)29-27(39)19(5)25(37)22(8)31(41)43-29/h10-14,16-29,35-39H,1,15H2,2-9H3,(H2,33,42)/t16?,17-,18?,19+,20-,21+,22+,23-,24?,25-,26-,27-,28-,29?/m0/s1. The maximum atomic E-state index is 13.2. The maximum absolute atomic E-state index is 13.2. The summed E-state index contributed by atoms with van der Waals surface area (Å²) in [6.07, 6.45) is -1.10. The summed E-state index contributed by atoms with van der Waals surface area (Å²) in [5.74, 6) is -5.41. The average Bonchev–Trinajstić information content (AvgIpc) is 3.05. The fraction of sp³-hybridized carbons (Fsp3) is 0.719. The van der Waals surface area contributed by atoms with E-state index in [0.717, 1.165) is 0 Å². The largest absolute Gasteiger partial charge is 0.456 e. The van der Waals surface area contributed by atoms with Crippen molar-refractivity contribution in [2.45, 2.75) is 91.2 Å². The van der Waals surface area contributed by atoms with Gasteiger partial charge in [-0.05, 0) is 6.92 Å². The number of primary amides is 1. The van der Waals surface area contributed by atoms with Gasteiger partial charge in [0.2, 0.25) is 5.91 Å². The highest BCUT2D eigenvalue weighted by Crippen LogP contribution is 2.29. The number of ether oxygens (including phenoxy) is 2. The molecule has 0 radical (unpaired) electrons. The zero-order chi connectivity index (χ0) is 34.0. The van der Waals surface area contributed by atoms with Crippen LogP contribution in [0.3, 0.4) is 0 Å². The first-order chi connectivity index (χ1) is 20.4. The number of amides is 2. The first-order valence-electron chi connectivity index (χ1n) is 15.2. The van der Waals surface area contributed by atoms with Gasteiger partial charge in [0.05, 0.1) is 36.3 Å². The van der Waals surface area contributed by atoms with Crippen molar-refractivity contribution in [1.82, 2.24) is 4.90 Å². The fourth-order valence-corrected chi connectivity index (χ4v) is 5.67. The van der Waals surface area contributed by atoms with Gasteiger partial charge in [-0.15, -0.1) is 0 Å². The number of nitrogens with zero attached hydrogens (tertiary/aromatic N) is 1. The van der Waals surface area contributed by atoms with Crippen LogP contribution >= 0.6 is 0 Å². The van der Waals surface area contributed by atoms with Gasteiger partial charge in [-0.2, -0.15) is 0 Å². The molecule has 2 amide bonds. The molecule has 12 heteroatoms. The van der Waals surface area contributed by atoms with Crippen molar-refractivity contribution in [3.8, 4) is 0 Å². The number of hydrogen-bond donors (Lipinski definition) is 6. The Morgan fingerprint density at radius 1 is 1.00 bits per heavy atom. The number of allylic oxidation sites excluding steroid dienone is 2. The molecule has 1 saturated heterocycles. The third-order valence-electron chi connectivity index (χ3n) is 8.84. The first kappa shape index (κ1) is 39.3. The summed E-state index contributed by atoms with van der Waals surface area (Å²) in [5, 5.41) is 53.5. The lowest BCUT2D eigenvalue weighted by Gasteiger charge is -2.35. The van der Waals surface area contributed by atoms with Crippen LogP contribution in [0.25, 0.3) is 0 Å². The molecular formula is C32H54N2O10. The first-order valence-corrected chi connectivity index (χ1v) is 15.2. The Morgan fingerprint density at radius 2 is 1.59 bits per heavy atom. The molecule has 0 aromatic rings. The van der Waals surface area contributed by atoms with Crippen LogP contribution in [0.2, 0.25) is 0 Å². The van der Waals surface area contributed by atoms with E-state index in [-0.39, 0.29) is 18.4 Å². The summed E-state index contributed by atoms with van der Waals surface area (Å²) in [5.41, 5.74) is 5.25. The average molecular weight is 627 g/mol. The molecule has 0 saturated carbocycles. The topological polar surface area (TPSA) is 200 Å². The van der Waals surface area contributed by atoms with E-state index >= 15 is 0 Å². The Hall–Kier alpha value is -2.77. The van der Waals surface area contributed by atoms with Crippen LogP contribution in [0.1, 0.15) is 48.5 Å². The highest BCUT2D eigenvalue weighted by Gasteiger charge is 2.44. The van der Waals surface area contributed by atoms with Crippen LogP contribution in [0, 0.1) is 41.4 Å². The van der Waals surface area contributed by atoms with Crippen molar-refractivity contribution in [1.29, 1.82) is 0 Å². The van der Waals surface area contributed by atoms with Gasteiger partial charge in [0.1, 0.15) is 12.2 Å². The fourth-order valence-electron chi connectivity index (χ4n) is 5.67. The quantitative estimate of drug-likeness (QED) is 0.0877. The lowest BCUT2D eigenvalue weighted by Crippen LogP contribution is -2.47. The number of carbonyl (C=O) groups excluding carboxylic acids is 3. The van der Waals surface area contributed by atoms with Crippen molar-refractivity contribution in [3.05, 3.63) is 37.0 Å². The van der Waals surface area contributed by atoms with E-state index in [1.165, 1.54) is 17.9 Å². The van der Waals surface area contributed by atoms with E-state index in [0.29, 0.717) is 0 Å². The minimum absolute atomic E-state index is 0.151. The molecular weight excluding hydrogens is 572 g/mol. The highest BCUT2D eigenvalue weighted by molar-refractivity contribution is 5.79. The molecule has 0 aromatic heterocycles. The van der Waals surface area contributed by atoms with Gasteiger partial charge >= 0.3 is 12.1 Å². The molecule has 0 aliphatic carbocycles. The van der Waals surface area contributed by atoms with E-state index in [2.05, 4.69) is 6.58 Å². The molecule has 7 N–H and O–H groups in total. The van der Waals surface area contributed by atoms with Crippen LogP contribution in [0.4, 0.5) is 4.79 Å². The number of aliphatic hydroxyl groups excluding tert-OH is 5. The molecule has 1 rings (SSSR count). The Bertz CT molecular complexity index is 1020. The summed E-state index contributed by atoms with van der Waals surface area (Å²) in [7, 11) is 1.56. The van der Waals surface area contributed by atoms with E-state index in [9.17, 15) is 39.9 Å². The minimum atomic E-state index is -1.38. The summed E-state index contributed by atoms with van der Waals surface area (Å²) >= 11 is 0. The van der Waals surface area contributed by atoms with Crippen molar-refractivity contribution in [2.75, 3.05) is 13.6 Å². The molecule has 44 heavy (non-hydrogen) atoms. The third-order valence-corrected chi connectivity index (χ3v) is 8.84. The number of cyclic esters (lactones) is 1. The van der Waals surface area contributed by atoms with Gasteiger partial charge in [-0.25, -0.2) is 4.79 Å². The summed E-state index contributed by atoms with van der Waals surface area (Å²) in [6, 6.07) is 0. The van der Waals surface area contributed by atoms with Gasteiger partial charge in [-0.1, -0.05) is 78.5 Å². The lowest BCUT2D eigenvalue weighted by molar-refractivity contribution is -0.163. The molecule has 0 aromatic carbocycles. The summed E-state index contributed by atoms with van der Waals surface area (Å²) in [6.45, 7) is 15.3. The van der Waals surface area contributed by atoms with Crippen LogP contribution in [0.5, 0.6) is 0 Å². The summed E-state index contributed by atoms with van der Waals surface area (Å²) in [4.78, 5) is 38.4. The smallest absolute Gasteiger partial charge is 0.404 e. The number of aliphatic hydroxyl groups is 5. The van der Waals surface area contributed by atoms with Crippen molar-refractivity contribution in [2.24, 2.45) is 47.2 Å². The number of nitrogens with two attached hydrogens (primary N) is 1. The Kier molecular flexibility index (Phi) is 15.7. The Balaban J connectivity index is 2.87. The molecule has 4 unspecified atom stereocenters. The van der Waals surface area contributed by atoms with Crippen LogP contribution in [-0.4, -0.2) is 105 Å². The molecule has 1 fully saturated rings. The minimum Gasteiger partial charge on any atom is -0.456 e. The zero-order valence-electron chi connectivity index (χ0n) is 27.2. The van der Waals surface area contributed by atoms with E-state index < -0.39 is 90.3 Å². The molecule has 1 aliphatic heterocycles. The Morgan fingerprint density at radius 3 is 2.14 bits per heavy atom. The zero-order valence-corrected chi connectivity index (χ0v) is 27.2. The van der Waals surface area contributed by atoms with Gasteiger partial charge in [0.15, 0.2) is 6.10 Å². The van der Waals surface area contributed by atoms with Gasteiger partial charge in [0.25, 0.3) is 0 Å². The van der Waals surface area contributed by atoms with E-state index in [4.69, 9.17) is 15.2 Å². The SMILES string of the molecule is C=CC=C[C@H](C)[C@H](OC(N)=O)[C@@H](C)[C@H](O)[C@@H](C)C(=O)N(C)CC(C)C(O)C(C)C=C[C@H](O)C1OC(=O)[C@H](C)[C@@H](O)[C@@H](C)[C@@H]1O. The predicted molar refractivity (Wildman–Crippen MR) is 165 cm³/mol. The van der Waals surface area contributed by atoms with Crippen LogP contribution in [0.15, 0.2) is 37.0 Å². The molecule has 1 heterocycles. The van der Waals surface area contributed by atoms with Gasteiger partial charge in [-0.3, -0.25) is 9.59 Å². The number of carbonyl (C=O) groups is 3. The second-order valence-electron chi connectivity index (χ2n) is 12.5. The number of rotatable bonds is 15. The molecule has 12 nitrogen and oxygen atoms in total. The lowest BCUT2D eigenvalue weighted by atomic mass is 9.83. The van der Waals surface area contributed by atoms with Crippen molar-refractivity contribution >= 4 is 18.0 Å². The van der Waals surface area contributed by atoms with Crippen LogP contribution < -0.4 is 5.73 Å². The monoisotopic (exact) mass is 626 g/mol. The molecule has 14 atom stereocenters. The normalized spacial score (nSPS) is 28.9. The van der Waals surface area contributed by atoms with Crippen molar-refractivity contribution in [3.63, 3.8) is 0 Å². The molecule has 252 valence electrons. The van der Waals surface area contributed by atoms with Gasteiger partial charge < -0.3 is 45.6 Å². The maximum Gasteiger partial charge on any atom is 0.404 e. The molecule has 0 spiro atoms. The van der Waals surface area contributed by atoms with Gasteiger partial charge in [0, 0.05) is 43.2 Å². The molecule has 0 bridgehead atoms. The summed E-state index contributed by atoms with van der Waals surface area (Å²) < 4.78 is 10.5. The van der Waals surface area contributed by atoms with Crippen molar-refractivity contribution < 1.29 is 49.4 Å². The third kappa shape index (κ3) is 10.4. The predicted octanol–water partition coefficient (Wildman–Crippen LogP) is 1.39. The van der Waals surface area contributed by atoms with Crippen LogP contribution in [-0.2, 0) is 19.1 Å².